The molecule has 2 fully saturated rings. The van der Waals surface area contributed by atoms with Gasteiger partial charge in [0.15, 0.2) is 0 Å². The van der Waals surface area contributed by atoms with E-state index < -0.39 is 12.6 Å². The highest BCUT2D eigenvalue weighted by Crippen LogP contribution is 2.42. The molecule has 0 spiro atoms. The predicted molar refractivity (Wildman–Crippen MR) is 142 cm³/mol. The number of rotatable bonds is 15. The number of carbonyl (C=O) groups excluding carboxylic acids is 1. The third-order valence-electron chi connectivity index (χ3n) is 7.39. The Morgan fingerprint density at radius 2 is 1.53 bits per heavy atom. The molecule has 0 bridgehead atoms. The minimum absolute atomic E-state index is 0.0110. The lowest BCUT2D eigenvalue weighted by Gasteiger charge is -2.38. The highest BCUT2D eigenvalue weighted by molar-refractivity contribution is 5.87. The molecule has 0 amide bonds. The molecule has 0 aromatic heterocycles. The SMILES string of the molecule is C=C(C)CO.C=C(CO)C(=O)OOCC(COC)CC1CCC(C2CCC(OCCCC)CC2)CC1. The van der Waals surface area contributed by atoms with Gasteiger partial charge in [-0.25, -0.2) is 4.79 Å². The zero-order valence-electron chi connectivity index (χ0n) is 23.1. The van der Waals surface area contributed by atoms with E-state index in [1.807, 2.05) is 0 Å². The standard InChI is InChI=1S/C25H44O6.C4H8O/c1-4-5-14-29-24-12-10-23(11-13-24)22-8-6-20(7-9-22)15-21(17-28-3)18-30-31-25(27)19(2)16-26;1-4(2)3-5/h20-24,26H,2,4-18H2,1,3H3;5H,1,3H2,2H3. The fourth-order valence-corrected chi connectivity index (χ4v) is 5.21. The van der Waals surface area contributed by atoms with E-state index in [-0.39, 0.29) is 18.1 Å². The smallest absolute Gasteiger partial charge is 0.370 e. The number of aliphatic hydroxyl groups is 2. The van der Waals surface area contributed by atoms with E-state index in [1.165, 1.54) is 64.2 Å². The second kappa shape index (κ2) is 19.8. The van der Waals surface area contributed by atoms with Crippen LogP contribution in [0.3, 0.4) is 0 Å². The van der Waals surface area contributed by atoms with Crippen LogP contribution in [0.2, 0.25) is 0 Å². The Bertz CT molecular complexity index is 605. The molecule has 7 heteroatoms. The molecule has 0 heterocycles. The normalized spacial score (nSPS) is 24.8. The highest BCUT2D eigenvalue weighted by atomic mass is 17.2. The van der Waals surface area contributed by atoms with E-state index in [4.69, 9.17) is 29.5 Å². The first-order valence-electron chi connectivity index (χ1n) is 13.8. The van der Waals surface area contributed by atoms with Crippen LogP contribution in [-0.2, 0) is 24.0 Å². The van der Waals surface area contributed by atoms with Crippen LogP contribution in [0.5, 0.6) is 0 Å². The summed E-state index contributed by atoms with van der Waals surface area (Å²) < 4.78 is 11.4. The summed E-state index contributed by atoms with van der Waals surface area (Å²) in [6.45, 7) is 12.3. The van der Waals surface area contributed by atoms with Crippen molar-refractivity contribution in [2.24, 2.45) is 23.7 Å². The monoisotopic (exact) mass is 512 g/mol. The Morgan fingerprint density at radius 3 is 2.03 bits per heavy atom. The summed E-state index contributed by atoms with van der Waals surface area (Å²) in [6.07, 6.45) is 14.2. The lowest BCUT2D eigenvalue weighted by atomic mass is 9.69. The number of ether oxygens (including phenoxy) is 2. The number of hydrogen-bond acceptors (Lipinski definition) is 7. The molecular formula is C29H52O7. The van der Waals surface area contributed by atoms with Crippen molar-refractivity contribution in [1.82, 2.24) is 0 Å². The maximum atomic E-state index is 11.5. The Labute approximate surface area is 219 Å². The Hall–Kier alpha value is -1.25. The quantitative estimate of drug-likeness (QED) is 0.0997. The third-order valence-corrected chi connectivity index (χ3v) is 7.39. The van der Waals surface area contributed by atoms with E-state index in [0.717, 1.165) is 30.4 Å². The van der Waals surface area contributed by atoms with Gasteiger partial charge in [0.2, 0.25) is 0 Å². The van der Waals surface area contributed by atoms with Crippen molar-refractivity contribution < 1.29 is 34.3 Å². The molecule has 1 unspecified atom stereocenters. The van der Waals surface area contributed by atoms with Crippen LogP contribution in [0, 0.1) is 23.7 Å². The first-order valence-corrected chi connectivity index (χ1v) is 13.8. The molecule has 2 aliphatic carbocycles. The Morgan fingerprint density at radius 1 is 0.944 bits per heavy atom. The third kappa shape index (κ3) is 13.9. The fourth-order valence-electron chi connectivity index (χ4n) is 5.21. The largest absolute Gasteiger partial charge is 0.392 e. The Balaban J connectivity index is 0.00000118. The van der Waals surface area contributed by atoms with E-state index in [2.05, 4.69) is 20.1 Å². The summed E-state index contributed by atoms with van der Waals surface area (Å²) in [7, 11) is 1.69. The van der Waals surface area contributed by atoms with Gasteiger partial charge in [0.1, 0.15) is 0 Å². The topological polar surface area (TPSA) is 94.5 Å². The van der Waals surface area contributed by atoms with Crippen molar-refractivity contribution in [1.29, 1.82) is 0 Å². The van der Waals surface area contributed by atoms with Gasteiger partial charge < -0.3 is 19.7 Å². The van der Waals surface area contributed by atoms with E-state index >= 15 is 0 Å². The predicted octanol–water partition coefficient (Wildman–Crippen LogP) is 5.40. The minimum Gasteiger partial charge on any atom is -0.392 e. The second-order valence-electron chi connectivity index (χ2n) is 10.6. The first-order chi connectivity index (χ1) is 17.3. The average Bonchev–Trinajstić information content (AvgIpc) is 2.89. The second-order valence-corrected chi connectivity index (χ2v) is 10.6. The molecular weight excluding hydrogens is 460 g/mol. The maximum absolute atomic E-state index is 11.5. The van der Waals surface area contributed by atoms with Crippen LogP contribution < -0.4 is 0 Å². The van der Waals surface area contributed by atoms with Gasteiger partial charge in [-0.05, 0) is 76.0 Å². The van der Waals surface area contributed by atoms with Crippen LogP contribution in [0.1, 0.15) is 84.5 Å². The molecule has 0 saturated heterocycles. The van der Waals surface area contributed by atoms with E-state index in [1.54, 1.807) is 14.0 Å². The van der Waals surface area contributed by atoms with Gasteiger partial charge in [0.25, 0.3) is 0 Å². The van der Waals surface area contributed by atoms with Crippen molar-refractivity contribution in [2.45, 2.75) is 90.6 Å². The molecule has 0 radical (unpaired) electrons. The molecule has 1 atom stereocenters. The summed E-state index contributed by atoms with van der Waals surface area (Å²) in [5.41, 5.74) is 0.799. The summed E-state index contributed by atoms with van der Waals surface area (Å²) >= 11 is 0. The summed E-state index contributed by atoms with van der Waals surface area (Å²) in [5, 5.41) is 16.9. The van der Waals surface area contributed by atoms with E-state index in [0.29, 0.717) is 25.2 Å². The minimum atomic E-state index is -0.718. The highest BCUT2D eigenvalue weighted by Gasteiger charge is 2.32. The van der Waals surface area contributed by atoms with Gasteiger partial charge in [-0.2, -0.15) is 4.89 Å². The van der Waals surface area contributed by atoms with Crippen LogP contribution in [0.25, 0.3) is 0 Å². The van der Waals surface area contributed by atoms with Gasteiger partial charge in [0, 0.05) is 19.6 Å². The molecule has 36 heavy (non-hydrogen) atoms. The van der Waals surface area contributed by atoms with Gasteiger partial charge >= 0.3 is 5.97 Å². The summed E-state index contributed by atoms with van der Waals surface area (Å²) in [5.74, 6) is 1.90. The molecule has 0 aliphatic heterocycles. The molecule has 7 nitrogen and oxygen atoms in total. The zero-order valence-corrected chi connectivity index (χ0v) is 23.1. The number of carbonyl (C=O) groups is 1. The van der Waals surface area contributed by atoms with Crippen LogP contribution in [-0.4, -0.2) is 62.4 Å². The zero-order chi connectivity index (χ0) is 26.8. The van der Waals surface area contributed by atoms with Crippen LogP contribution >= 0.6 is 0 Å². The van der Waals surface area contributed by atoms with Crippen molar-refractivity contribution in [2.75, 3.05) is 40.1 Å². The Kier molecular flexibility index (Phi) is 18.0. The van der Waals surface area contributed by atoms with Crippen molar-refractivity contribution in [3.05, 3.63) is 24.3 Å². The number of unbranched alkanes of at least 4 members (excludes halogenated alkanes) is 1. The van der Waals surface area contributed by atoms with Crippen LogP contribution in [0.15, 0.2) is 24.3 Å². The van der Waals surface area contributed by atoms with Gasteiger partial charge in [-0.15, -0.1) is 0 Å². The average molecular weight is 513 g/mol. The molecule has 0 aromatic rings. The van der Waals surface area contributed by atoms with Crippen LogP contribution in [0.4, 0.5) is 0 Å². The molecule has 2 N–H and O–H groups in total. The molecule has 0 aromatic carbocycles. The lowest BCUT2D eigenvalue weighted by molar-refractivity contribution is -0.276. The molecule has 2 saturated carbocycles. The van der Waals surface area contributed by atoms with Gasteiger partial charge in [-0.3, -0.25) is 4.89 Å². The fraction of sp³-hybridized carbons (Fsp3) is 0.828. The van der Waals surface area contributed by atoms with Crippen molar-refractivity contribution >= 4 is 5.97 Å². The number of aliphatic hydroxyl groups excluding tert-OH is 2. The van der Waals surface area contributed by atoms with Crippen molar-refractivity contribution in [3.63, 3.8) is 0 Å². The number of hydrogen-bond donors (Lipinski definition) is 2. The van der Waals surface area contributed by atoms with Gasteiger partial charge in [-0.1, -0.05) is 44.9 Å². The van der Waals surface area contributed by atoms with Crippen molar-refractivity contribution in [3.8, 4) is 0 Å². The van der Waals surface area contributed by atoms with Gasteiger partial charge in [0.05, 0.1) is 38.1 Å². The molecule has 2 rings (SSSR count). The summed E-state index contributed by atoms with van der Waals surface area (Å²) in [4.78, 5) is 21.4. The van der Waals surface area contributed by atoms with E-state index in [9.17, 15) is 4.79 Å². The summed E-state index contributed by atoms with van der Waals surface area (Å²) in [6, 6.07) is 0. The molecule has 2 aliphatic rings. The lowest BCUT2D eigenvalue weighted by Crippen LogP contribution is -2.29. The first kappa shape index (κ1) is 32.8. The maximum Gasteiger partial charge on any atom is 0.370 e. The number of methoxy groups -OCH3 is 1. The molecule has 210 valence electrons.